The summed E-state index contributed by atoms with van der Waals surface area (Å²) in [6.45, 7) is 2.46. The number of pyridine rings is 1. The summed E-state index contributed by atoms with van der Waals surface area (Å²) in [6, 6.07) is 1.70. The maximum absolute atomic E-state index is 17.0. The van der Waals surface area contributed by atoms with Crippen molar-refractivity contribution >= 4 is 45.4 Å². The number of halogens is 3. The molecule has 12 nitrogen and oxygen atoms in total. The molecule has 5 aliphatic heterocycles. The Morgan fingerprint density at radius 2 is 2.07 bits per heavy atom. The molecule has 0 radical (unpaired) electrons. The lowest BCUT2D eigenvalue weighted by Gasteiger charge is -2.31. The molecule has 6 bridgehead atoms. The fourth-order valence-corrected chi connectivity index (χ4v) is 7.68. The average Bonchev–Trinajstić information content (AvgIpc) is 3.68. The quantitative estimate of drug-likeness (QED) is 0.311. The first-order valence-electron chi connectivity index (χ1n) is 15.6. The number of nitrogens with one attached hydrogen (secondary N) is 1. The number of alkyl halides is 1. The molecule has 3 atom stereocenters. The Hall–Kier alpha value is -3.88. The predicted molar refractivity (Wildman–Crippen MR) is 164 cm³/mol. The molecule has 4 aromatic rings. The van der Waals surface area contributed by atoms with Crippen LogP contribution >= 0.6 is 11.6 Å². The van der Waals surface area contributed by atoms with E-state index in [0.29, 0.717) is 77.2 Å². The SMILES string of the molecule is O=C1OCCCc2c(Cl)cc3[nH]ncc3c2-c2ncc3c(nc(OC[C@@]45CCCN4C[C@@H](F)C5)nc3c2F)N2CCOC[C@H](C2)O1. The first kappa shape index (κ1) is 29.5. The number of H-pyrrole nitrogens is 1. The van der Waals surface area contributed by atoms with E-state index in [0.717, 1.165) is 19.4 Å². The average molecular weight is 656 g/mol. The predicted octanol–water partition coefficient (Wildman–Crippen LogP) is 4.62. The van der Waals surface area contributed by atoms with Gasteiger partial charge in [-0.25, -0.2) is 13.6 Å². The molecule has 0 unspecified atom stereocenters. The van der Waals surface area contributed by atoms with Crippen molar-refractivity contribution in [1.29, 1.82) is 0 Å². The van der Waals surface area contributed by atoms with Gasteiger partial charge in [-0.3, -0.25) is 15.0 Å². The molecule has 5 aliphatic rings. The van der Waals surface area contributed by atoms with E-state index in [4.69, 9.17) is 35.5 Å². The molecular formula is C31H32ClF2N7O5. The van der Waals surface area contributed by atoms with Gasteiger partial charge in [-0.05, 0) is 43.9 Å². The van der Waals surface area contributed by atoms with Crippen LogP contribution in [0.15, 0.2) is 18.5 Å². The molecule has 0 spiro atoms. The zero-order valence-electron chi connectivity index (χ0n) is 24.9. The highest BCUT2D eigenvalue weighted by Gasteiger charge is 2.49. The summed E-state index contributed by atoms with van der Waals surface area (Å²) in [7, 11) is 0. The van der Waals surface area contributed by atoms with Gasteiger partial charge in [0.05, 0.1) is 49.0 Å². The van der Waals surface area contributed by atoms with Crippen LogP contribution in [0.5, 0.6) is 6.01 Å². The number of anilines is 1. The van der Waals surface area contributed by atoms with E-state index < -0.39 is 29.8 Å². The Labute approximate surface area is 267 Å². The number of hydrogen-bond donors (Lipinski definition) is 1. The number of aromatic nitrogens is 5. The lowest BCUT2D eigenvalue weighted by atomic mass is 9.95. The van der Waals surface area contributed by atoms with Crippen LogP contribution in [0.2, 0.25) is 5.02 Å². The van der Waals surface area contributed by atoms with E-state index in [1.807, 2.05) is 4.90 Å². The molecule has 15 heteroatoms. The van der Waals surface area contributed by atoms with E-state index in [1.54, 1.807) is 18.5 Å². The number of nitrogens with zero attached hydrogens (tertiary/aromatic N) is 6. The Kier molecular flexibility index (Phi) is 7.53. The first-order valence-corrected chi connectivity index (χ1v) is 16.0. The van der Waals surface area contributed by atoms with E-state index in [9.17, 15) is 9.18 Å². The molecule has 3 fully saturated rings. The van der Waals surface area contributed by atoms with Crippen LogP contribution in [-0.4, -0.2) is 107 Å². The molecule has 0 aliphatic carbocycles. The Balaban J connectivity index is 1.30. The van der Waals surface area contributed by atoms with Crippen LogP contribution in [0.1, 0.15) is 31.2 Å². The Morgan fingerprint density at radius 3 is 2.98 bits per heavy atom. The minimum Gasteiger partial charge on any atom is -0.461 e. The second-order valence-electron chi connectivity index (χ2n) is 12.4. The van der Waals surface area contributed by atoms with Gasteiger partial charge in [-0.15, -0.1) is 0 Å². The van der Waals surface area contributed by atoms with Crippen molar-refractivity contribution < 1.29 is 32.5 Å². The maximum atomic E-state index is 17.0. The van der Waals surface area contributed by atoms with Crippen molar-refractivity contribution in [2.75, 3.05) is 57.5 Å². The minimum atomic E-state index is -0.928. The molecule has 0 saturated carbocycles. The van der Waals surface area contributed by atoms with Gasteiger partial charge in [0.1, 0.15) is 35.9 Å². The summed E-state index contributed by atoms with van der Waals surface area (Å²) in [5.41, 5.74) is 1.32. The Bertz CT molecular complexity index is 1830. The zero-order valence-corrected chi connectivity index (χ0v) is 25.7. The summed E-state index contributed by atoms with van der Waals surface area (Å²) in [5.74, 6) is -0.312. The van der Waals surface area contributed by atoms with Crippen LogP contribution in [0, 0.1) is 5.82 Å². The summed E-state index contributed by atoms with van der Waals surface area (Å²) in [4.78, 5) is 30.6. The standard InChI is InChI=1S/C31H32ClF2N7O5/c32-22-9-23-20(12-36-39-23)24-19(22)3-1-7-44-30(42)46-18-14-40(6-8-43-15-18)28-21-11-35-27(24)25(34)26(21)37-29(38-28)45-16-31-4-2-5-41(31)13-17(33)10-31/h9,11-12,17-18H,1-8,10,13-16H2,(H,36,39)/t17-,18-,31-/m0/s1. The molecule has 46 heavy (non-hydrogen) atoms. The molecule has 242 valence electrons. The second-order valence-corrected chi connectivity index (χ2v) is 12.8. The number of aromatic amines is 1. The normalized spacial score (nSPS) is 25.5. The van der Waals surface area contributed by atoms with Gasteiger partial charge >= 0.3 is 12.2 Å². The van der Waals surface area contributed by atoms with Crippen molar-refractivity contribution in [1.82, 2.24) is 30.0 Å². The highest BCUT2D eigenvalue weighted by molar-refractivity contribution is 6.33. The Morgan fingerprint density at radius 1 is 1.15 bits per heavy atom. The van der Waals surface area contributed by atoms with E-state index in [2.05, 4.69) is 25.1 Å². The lowest BCUT2D eigenvalue weighted by Crippen LogP contribution is -2.43. The van der Waals surface area contributed by atoms with E-state index >= 15 is 4.39 Å². The van der Waals surface area contributed by atoms with Crippen LogP contribution in [0.3, 0.4) is 0 Å². The highest BCUT2D eigenvalue weighted by Crippen LogP contribution is 2.42. The monoisotopic (exact) mass is 655 g/mol. The molecule has 8 heterocycles. The summed E-state index contributed by atoms with van der Waals surface area (Å²) >= 11 is 6.75. The topological polar surface area (TPSA) is 128 Å². The fourth-order valence-electron chi connectivity index (χ4n) is 7.38. The van der Waals surface area contributed by atoms with Crippen molar-refractivity contribution in [3.8, 4) is 17.3 Å². The molecule has 0 amide bonds. The fraction of sp³-hybridized carbons (Fsp3) is 0.516. The molecule has 9 rings (SSSR count). The third kappa shape index (κ3) is 5.16. The van der Waals surface area contributed by atoms with Gasteiger partial charge in [0.2, 0.25) is 0 Å². The van der Waals surface area contributed by atoms with Gasteiger partial charge in [-0.1, -0.05) is 11.6 Å². The number of carbonyl (C=O) groups excluding carboxylic acids is 1. The summed E-state index contributed by atoms with van der Waals surface area (Å²) in [6.07, 6.45) is 3.61. The minimum absolute atomic E-state index is 0.0114. The van der Waals surface area contributed by atoms with Gasteiger partial charge < -0.3 is 23.8 Å². The first-order chi connectivity index (χ1) is 22.4. The van der Waals surface area contributed by atoms with Crippen molar-refractivity contribution in [3.05, 3.63) is 34.9 Å². The molecule has 3 aromatic heterocycles. The number of ether oxygens (including phenoxy) is 4. The third-order valence-corrected chi connectivity index (χ3v) is 9.83. The molecular weight excluding hydrogens is 624 g/mol. The largest absolute Gasteiger partial charge is 0.508 e. The smallest absolute Gasteiger partial charge is 0.461 e. The number of benzene rings is 1. The lowest BCUT2D eigenvalue weighted by molar-refractivity contribution is -0.00448. The molecule has 1 N–H and O–H groups in total. The zero-order chi connectivity index (χ0) is 31.4. The van der Waals surface area contributed by atoms with Crippen LogP contribution in [-0.2, 0) is 20.6 Å². The van der Waals surface area contributed by atoms with Crippen LogP contribution in [0.4, 0.5) is 19.4 Å². The second kappa shape index (κ2) is 11.7. The molecule has 3 saturated heterocycles. The third-order valence-electron chi connectivity index (χ3n) is 9.50. The van der Waals surface area contributed by atoms with Gasteiger partial charge in [0.25, 0.3) is 0 Å². The van der Waals surface area contributed by atoms with Crippen molar-refractivity contribution in [2.24, 2.45) is 0 Å². The van der Waals surface area contributed by atoms with E-state index in [1.165, 1.54) is 0 Å². The summed E-state index contributed by atoms with van der Waals surface area (Å²) < 4.78 is 54.4. The van der Waals surface area contributed by atoms with E-state index in [-0.39, 0.29) is 43.6 Å². The van der Waals surface area contributed by atoms with Gasteiger partial charge in [0, 0.05) is 41.7 Å². The maximum Gasteiger partial charge on any atom is 0.508 e. The van der Waals surface area contributed by atoms with Gasteiger partial charge in [-0.2, -0.15) is 15.1 Å². The number of fused-ring (bicyclic) bond motifs is 8. The van der Waals surface area contributed by atoms with Crippen LogP contribution < -0.4 is 9.64 Å². The summed E-state index contributed by atoms with van der Waals surface area (Å²) in [5, 5.41) is 8.44. The van der Waals surface area contributed by atoms with Crippen molar-refractivity contribution in [2.45, 2.75) is 49.9 Å². The number of rotatable bonds is 3. The highest BCUT2D eigenvalue weighted by atomic mass is 35.5. The van der Waals surface area contributed by atoms with Gasteiger partial charge in [0.15, 0.2) is 5.82 Å². The number of hydrogen-bond acceptors (Lipinski definition) is 11. The number of carbonyl (C=O) groups is 1. The van der Waals surface area contributed by atoms with Crippen LogP contribution in [0.25, 0.3) is 33.1 Å². The molecule has 1 aromatic carbocycles. The van der Waals surface area contributed by atoms with Crippen molar-refractivity contribution in [3.63, 3.8) is 0 Å².